The average molecular weight is 236 g/mol. The van der Waals surface area contributed by atoms with Crippen molar-refractivity contribution in [2.75, 3.05) is 0 Å². The monoisotopic (exact) mass is 236 g/mol. The van der Waals surface area contributed by atoms with E-state index in [-0.39, 0.29) is 6.10 Å². The maximum Gasteiger partial charge on any atom is 0.0543 e. The van der Waals surface area contributed by atoms with E-state index in [2.05, 4.69) is 20.8 Å². The van der Waals surface area contributed by atoms with Gasteiger partial charge in [-0.3, -0.25) is 0 Å². The molecule has 0 aromatic rings. The van der Waals surface area contributed by atoms with Gasteiger partial charge in [-0.2, -0.15) is 0 Å². The van der Waals surface area contributed by atoms with Gasteiger partial charge in [0.25, 0.3) is 0 Å². The third-order valence-electron chi connectivity index (χ3n) is 6.82. The summed E-state index contributed by atoms with van der Waals surface area (Å²) in [4.78, 5) is 0. The lowest BCUT2D eigenvalue weighted by atomic mass is 9.62. The highest BCUT2D eigenvalue weighted by molar-refractivity contribution is 5.05. The molecule has 3 rings (SSSR count). The number of hydrogen-bond donors (Lipinski definition) is 1. The van der Waals surface area contributed by atoms with Crippen LogP contribution in [0.15, 0.2) is 0 Å². The molecule has 98 valence electrons. The molecule has 1 heteroatoms. The fraction of sp³-hybridized carbons (Fsp3) is 1.00. The molecule has 2 bridgehead atoms. The molecule has 6 atom stereocenters. The standard InChI is InChI=1S/C16H28O/c1-10-14-8-12(16(10,2)3)9-15(14)11-5-4-6-13(17)7-11/h10-15,17H,4-9H2,1-3H3/t10-,11+,12+,13-,14+,15-/m1/s1. The molecular formula is C16H28O. The quantitative estimate of drug-likeness (QED) is 0.733. The van der Waals surface area contributed by atoms with Gasteiger partial charge in [0.1, 0.15) is 0 Å². The normalized spacial score (nSPS) is 52.9. The summed E-state index contributed by atoms with van der Waals surface area (Å²) in [6.45, 7) is 7.44. The minimum atomic E-state index is 0.0104. The SMILES string of the molecule is C[C@@H]1[C@@H]2C[C@@H](C[C@@H]2[C@H]2CCC[C@@H](O)C2)C1(C)C. The van der Waals surface area contributed by atoms with Crippen molar-refractivity contribution in [2.24, 2.45) is 35.0 Å². The maximum atomic E-state index is 9.88. The molecule has 1 nitrogen and oxygen atoms in total. The van der Waals surface area contributed by atoms with Crippen LogP contribution < -0.4 is 0 Å². The van der Waals surface area contributed by atoms with E-state index in [4.69, 9.17) is 0 Å². The molecule has 0 radical (unpaired) electrons. The zero-order valence-corrected chi connectivity index (χ0v) is 11.7. The summed E-state index contributed by atoms with van der Waals surface area (Å²) >= 11 is 0. The Morgan fingerprint density at radius 2 is 1.71 bits per heavy atom. The van der Waals surface area contributed by atoms with Crippen LogP contribution in [0.1, 0.15) is 59.3 Å². The number of fused-ring (bicyclic) bond motifs is 2. The lowest BCUT2D eigenvalue weighted by molar-refractivity contribution is 0.0247. The molecule has 3 fully saturated rings. The van der Waals surface area contributed by atoms with Crippen LogP contribution in [0, 0.1) is 35.0 Å². The largest absolute Gasteiger partial charge is 0.393 e. The van der Waals surface area contributed by atoms with Crippen molar-refractivity contribution in [1.82, 2.24) is 0 Å². The molecule has 0 unspecified atom stereocenters. The highest BCUT2D eigenvalue weighted by atomic mass is 16.3. The minimum Gasteiger partial charge on any atom is -0.393 e. The van der Waals surface area contributed by atoms with Gasteiger partial charge < -0.3 is 5.11 Å². The summed E-state index contributed by atoms with van der Waals surface area (Å²) in [5, 5.41) is 9.88. The van der Waals surface area contributed by atoms with Gasteiger partial charge in [0.05, 0.1) is 6.10 Å². The van der Waals surface area contributed by atoms with E-state index in [0.29, 0.717) is 5.41 Å². The van der Waals surface area contributed by atoms with Crippen LogP contribution in [0.4, 0.5) is 0 Å². The molecule has 0 spiro atoms. The van der Waals surface area contributed by atoms with Crippen molar-refractivity contribution in [3.8, 4) is 0 Å². The number of aliphatic hydroxyl groups excluding tert-OH is 1. The molecule has 0 aromatic heterocycles. The van der Waals surface area contributed by atoms with Gasteiger partial charge in [0.2, 0.25) is 0 Å². The molecule has 3 saturated carbocycles. The first-order valence-corrected chi connectivity index (χ1v) is 7.68. The van der Waals surface area contributed by atoms with E-state index in [0.717, 1.165) is 42.4 Å². The van der Waals surface area contributed by atoms with Gasteiger partial charge in [0.15, 0.2) is 0 Å². The second kappa shape index (κ2) is 3.98. The highest BCUT2D eigenvalue weighted by Crippen LogP contribution is 2.63. The smallest absolute Gasteiger partial charge is 0.0543 e. The number of rotatable bonds is 1. The van der Waals surface area contributed by atoms with E-state index in [9.17, 15) is 5.11 Å². The minimum absolute atomic E-state index is 0.0104. The van der Waals surface area contributed by atoms with Crippen LogP contribution in [-0.2, 0) is 0 Å². The van der Waals surface area contributed by atoms with Crippen molar-refractivity contribution < 1.29 is 5.11 Å². The number of hydrogen-bond acceptors (Lipinski definition) is 1. The average Bonchev–Trinajstić information content (AvgIpc) is 2.79. The predicted molar refractivity (Wildman–Crippen MR) is 70.6 cm³/mol. The lowest BCUT2D eigenvalue weighted by Crippen LogP contribution is -2.37. The second-order valence-electron chi connectivity index (χ2n) is 7.69. The summed E-state index contributed by atoms with van der Waals surface area (Å²) < 4.78 is 0. The van der Waals surface area contributed by atoms with Gasteiger partial charge in [0, 0.05) is 0 Å². The Bertz CT molecular complexity index is 292. The van der Waals surface area contributed by atoms with Gasteiger partial charge in [-0.15, -0.1) is 0 Å². The van der Waals surface area contributed by atoms with E-state index in [1.54, 1.807) is 0 Å². The van der Waals surface area contributed by atoms with Crippen molar-refractivity contribution in [3.05, 3.63) is 0 Å². The fourth-order valence-electron chi connectivity index (χ4n) is 5.34. The Balaban J connectivity index is 1.72. The van der Waals surface area contributed by atoms with Crippen molar-refractivity contribution in [1.29, 1.82) is 0 Å². The van der Waals surface area contributed by atoms with Gasteiger partial charge >= 0.3 is 0 Å². The fourth-order valence-corrected chi connectivity index (χ4v) is 5.34. The summed E-state index contributed by atoms with van der Waals surface area (Å²) in [6, 6.07) is 0. The number of aliphatic hydroxyl groups is 1. The Morgan fingerprint density at radius 3 is 2.29 bits per heavy atom. The Kier molecular flexibility index (Phi) is 2.81. The molecule has 3 aliphatic rings. The topological polar surface area (TPSA) is 20.2 Å². The third-order valence-corrected chi connectivity index (χ3v) is 6.82. The van der Waals surface area contributed by atoms with Crippen molar-refractivity contribution >= 4 is 0 Å². The zero-order chi connectivity index (χ0) is 12.2. The van der Waals surface area contributed by atoms with Crippen LogP contribution in [0.2, 0.25) is 0 Å². The van der Waals surface area contributed by atoms with Crippen molar-refractivity contribution in [3.63, 3.8) is 0 Å². The molecule has 3 aliphatic carbocycles. The molecule has 1 N–H and O–H groups in total. The van der Waals surface area contributed by atoms with E-state index < -0.39 is 0 Å². The third kappa shape index (κ3) is 1.77. The summed E-state index contributed by atoms with van der Waals surface area (Å²) in [5.74, 6) is 4.60. The van der Waals surface area contributed by atoms with E-state index in [1.807, 2.05) is 0 Å². The maximum absolute atomic E-state index is 9.88. The van der Waals surface area contributed by atoms with E-state index >= 15 is 0 Å². The molecular weight excluding hydrogens is 208 g/mol. The van der Waals surface area contributed by atoms with Crippen LogP contribution in [0.25, 0.3) is 0 Å². The Labute approximate surface area is 106 Å². The Hall–Kier alpha value is -0.0400. The van der Waals surface area contributed by atoms with Gasteiger partial charge in [-0.25, -0.2) is 0 Å². The second-order valence-corrected chi connectivity index (χ2v) is 7.69. The molecule has 0 aromatic carbocycles. The first-order chi connectivity index (χ1) is 8.00. The van der Waals surface area contributed by atoms with Gasteiger partial charge in [-0.05, 0) is 67.1 Å². The summed E-state index contributed by atoms with van der Waals surface area (Å²) in [6.07, 6.45) is 7.75. The molecule has 0 amide bonds. The van der Waals surface area contributed by atoms with Crippen LogP contribution in [-0.4, -0.2) is 11.2 Å². The zero-order valence-electron chi connectivity index (χ0n) is 11.7. The van der Waals surface area contributed by atoms with Gasteiger partial charge in [-0.1, -0.05) is 27.2 Å². The molecule has 0 saturated heterocycles. The van der Waals surface area contributed by atoms with Crippen LogP contribution in [0.5, 0.6) is 0 Å². The molecule has 0 heterocycles. The summed E-state index contributed by atoms with van der Waals surface area (Å²) in [7, 11) is 0. The predicted octanol–water partition coefficient (Wildman–Crippen LogP) is 3.86. The highest BCUT2D eigenvalue weighted by Gasteiger charge is 2.56. The van der Waals surface area contributed by atoms with Crippen LogP contribution >= 0.6 is 0 Å². The Morgan fingerprint density at radius 1 is 1.00 bits per heavy atom. The first kappa shape index (κ1) is 12.0. The van der Waals surface area contributed by atoms with E-state index in [1.165, 1.54) is 25.7 Å². The van der Waals surface area contributed by atoms with Crippen molar-refractivity contribution in [2.45, 2.75) is 65.4 Å². The lowest BCUT2D eigenvalue weighted by Gasteiger charge is -2.44. The first-order valence-electron chi connectivity index (χ1n) is 7.68. The molecule has 0 aliphatic heterocycles. The summed E-state index contributed by atoms with van der Waals surface area (Å²) in [5.41, 5.74) is 0.578. The van der Waals surface area contributed by atoms with Crippen LogP contribution in [0.3, 0.4) is 0 Å². The molecule has 17 heavy (non-hydrogen) atoms.